The van der Waals surface area contributed by atoms with Crippen LogP contribution in [-0.4, -0.2) is 12.5 Å². The second kappa shape index (κ2) is 6.14. The Morgan fingerprint density at radius 2 is 1.85 bits per heavy atom. The fourth-order valence-corrected chi connectivity index (χ4v) is 1.71. The van der Waals surface area contributed by atoms with Gasteiger partial charge in [-0.2, -0.15) is 8.78 Å². The number of halogens is 2. The van der Waals surface area contributed by atoms with Crippen LogP contribution in [0.2, 0.25) is 0 Å². The van der Waals surface area contributed by atoms with Gasteiger partial charge in [0.25, 0.3) is 5.91 Å². The molecule has 2 rings (SSSR count). The van der Waals surface area contributed by atoms with Crippen molar-refractivity contribution < 1.29 is 18.3 Å². The molecule has 3 nitrogen and oxygen atoms in total. The van der Waals surface area contributed by atoms with Crippen molar-refractivity contribution in [2.45, 2.75) is 13.5 Å². The second-order valence-corrected chi connectivity index (χ2v) is 4.23. The topological polar surface area (TPSA) is 38.3 Å². The van der Waals surface area contributed by atoms with E-state index in [4.69, 9.17) is 0 Å². The summed E-state index contributed by atoms with van der Waals surface area (Å²) in [6.07, 6.45) is 0. The highest BCUT2D eigenvalue weighted by Gasteiger charge is 2.08. The third-order valence-electron chi connectivity index (χ3n) is 2.62. The number of benzene rings is 2. The van der Waals surface area contributed by atoms with Crippen LogP contribution in [0.15, 0.2) is 48.5 Å². The van der Waals surface area contributed by atoms with Crippen molar-refractivity contribution in [3.8, 4) is 5.75 Å². The highest BCUT2D eigenvalue weighted by molar-refractivity contribution is 6.04. The smallest absolute Gasteiger partial charge is 0.387 e. The summed E-state index contributed by atoms with van der Waals surface area (Å²) in [7, 11) is 0. The maximum absolute atomic E-state index is 12.0. The van der Waals surface area contributed by atoms with Crippen LogP contribution in [0, 0.1) is 6.92 Å². The van der Waals surface area contributed by atoms with Gasteiger partial charge in [-0.25, -0.2) is 0 Å². The first-order chi connectivity index (χ1) is 9.54. The molecule has 0 bridgehead atoms. The van der Waals surface area contributed by atoms with Crippen molar-refractivity contribution in [2.24, 2.45) is 0 Å². The fraction of sp³-hybridized carbons (Fsp3) is 0.133. The lowest BCUT2D eigenvalue weighted by molar-refractivity contribution is -0.0498. The Morgan fingerprint density at radius 3 is 2.45 bits per heavy atom. The Kier molecular flexibility index (Phi) is 4.30. The number of carbonyl (C=O) groups excluding carboxylic acids is 1. The number of carbonyl (C=O) groups is 1. The average Bonchev–Trinajstić information content (AvgIpc) is 2.38. The lowest BCUT2D eigenvalue weighted by Crippen LogP contribution is -2.12. The van der Waals surface area contributed by atoms with Crippen molar-refractivity contribution in [1.82, 2.24) is 0 Å². The summed E-state index contributed by atoms with van der Waals surface area (Å²) >= 11 is 0. The molecule has 2 aromatic rings. The number of amides is 1. The molecular weight excluding hydrogens is 264 g/mol. The van der Waals surface area contributed by atoms with Gasteiger partial charge in [0.05, 0.1) is 0 Å². The van der Waals surface area contributed by atoms with Crippen LogP contribution < -0.4 is 10.1 Å². The number of hydrogen-bond donors (Lipinski definition) is 1. The summed E-state index contributed by atoms with van der Waals surface area (Å²) in [5.74, 6) is -0.286. The molecule has 0 heterocycles. The first-order valence-corrected chi connectivity index (χ1v) is 5.97. The molecule has 0 unspecified atom stereocenters. The number of ether oxygens (including phenoxy) is 1. The highest BCUT2D eigenvalue weighted by Crippen LogP contribution is 2.16. The summed E-state index contributed by atoms with van der Waals surface area (Å²) in [5.41, 5.74) is 2.08. The van der Waals surface area contributed by atoms with Crippen LogP contribution in [0.3, 0.4) is 0 Å². The van der Waals surface area contributed by atoms with Gasteiger partial charge < -0.3 is 10.1 Å². The number of nitrogens with one attached hydrogen (secondary N) is 1. The zero-order valence-electron chi connectivity index (χ0n) is 10.8. The Hall–Kier alpha value is -2.43. The average molecular weight is 277 g/mol. The molecule has 0 aromatic heterocycles. The molecule has 0 fully saturated rings. The van der Waals surface area contributed by atoms with E-state index in [-0.39, 0.29) is 11.7 Å². The molecule has 0 aliphatic heterocycles. The summed E-state index contributed by atoms with van der Waals surface area (Å²) < 4.78 is 28.2. The Labute approximate surface area is 115 Å². The predicted molar refractivity (Wildman–Crippen MR) is 72.2 cm³/mol. The lowest BCUT2D eigenvalue weighted by Gasteiger charge is -2.07. The fourth-order valence-electron chi connectivity index (χ4n) is 1.71. The number of aryl methyl sites for hydroxylation is 1. The number of anilines is 1. The van der Waals surface area contributed by atoms with E-state index >= 15 is 0 Å². The Balaban J connectivity index is 2.06. The quantitative estimate of drug-likeness (QED) is 0.921. The zero-order chi connectivity index (χ0) is 14.5. The van der Waals surface area contributed by atoms with E-state index in [1.807, 2.05) is 25.1 Å². The van der Waals surface area contributed by atoms with Crippen molar-refractivity contribution in [2.75, 3.05) is 5.32 Å². The summed E-state index contributed by atoms with van der Waals surface area (Å²) in [5, 5.41) is 2.73. The number of hydrogen-bond acceptors (Lipinski definition) is 2. The van der Waals surface area contributed by atoms with Crippen LogP contribution in [0.4, 0.5) is 14.5 Å². The molecule has 1 amide bonds. The first kappa shape index (κ1) is 14.0. The summed E-state index contributed by atoms with van der Waals surface area (Å²) in [6.45, 7) is -0.950. The van der Waals surface area contributed by atoms with Gasteiger partial charge in [0.2, 0.25) is 0 Å². The van der Waals surface area contributed by atoms with Gasteiger partial charge in [0, 0.05) is 11.3 Å². The van der Waals surface area contributed by atoms with Gasteiger partial charge in [0.15, 0.2) is 0 Å². The molecule has 0 saturated carbocycles. The van der Waals surface area contributed by atoms with E-state index in [2.05, 4.69) is 10.1 Å². The molecular formula is C15H13F2NO2. The molecule has 0 aliphatic rings. The zero-order valence-corrected chi connectivity index (χ0v) is 10.8. The molecule has 0 saturated heterocycles. The van der Waals surface area contributed by atoms with Crippen molar-refractivity contribution in [3.63, 3.8) is 0 Å². The van der Waals surface area contributed by atoms with E-state index in [9.17, 15) is 13.6 Å². The summed E-state index contributed by atoms with van der Waals surface area (Å²) in [6, 6.07) is 12.9. The van der Waals surface area contributed by atoms with Gasteiger partial charge in [-0.3, -0.25) is 4.79 Å². The van der Waals surface area contributed by atoms with Crippen molar-refractivity contribution >= 4 is 11.6 Å². The van der Waals surface area contributed by atoms with Crippen LogP contribution in [-0.2, 0) is 0 Å². The maximum Gasteiger partial charge on any atom is 0.387 e. The van der Waals surface area contributed by atoms with E-state index in [1.54, 1.807) is 6.07 Å². The van der Waals surface area contributed by atoms with E-state index in [0.717, 1.165) is 5.56 Å². The largest absolute Gasteiger partial charge is 0.435 e. The normalized spacial score (nSPS) is 10.4. The molecule has 2 aromatic carbocycles. The lowest BCUT2D eigenvalue weighted by atomic mass is 10.2. The van der Waals surface area contributed by atoms with Gasteiger partial charge >= 0.3 is 6.61 Å². The van der Waals surface area contributed by atoms with Crippen molar-refractivity contribution in [3.05, 3.63) is 59.7 Å². The van der Waals surface area contributed by atoms with Gasteiger partial charge in [0.1, 0.15) is 5.75 Å². The molecule has 0 radical (unpaired) electrons. The Bertz CT molecular complexity index is 597. The molecule has 0 aliphatic carbocycles. The van der Waals surface area contributed by atoms with Gasteiger partial charge in [-0.15, -0.1) is 0 Å². The maximum atomic E-state index is 12.0. The number of alkyl halides is 2. The van der Waals surface area contributed by atoms with E-state index < -0.39 is 6.61 Å². The second-order valence-electron chi connectivity index (χ2n) is 4.23. The highest BCUT2D eigenvalue weighted by atomic mass is 19.3. The molecule has 1 N–H and O–H groups in total. The predicted octanol–water partition coefficient (Wildman–Crippen LogP) is 3.85. The van der Waals surface area contributed by atoms with Gasteiger partial charge in [-0.05, 0) is 48.9 Å². The van der Waals surface area contributed by atoms with E-state index in [1.165, 1.54) is 24.3 Å². The monoisotopic (exact) mass is 277 g/mol. The van der Waals surface area contributed by atoms with Crippen LogP contribution in [0.25, 0.3) is 0 Å². The van der Waals surface area contributed by atoms with E-state index in [0.29, 0.717) is 11.3 Å². The standard InChI is InChI=1S/C15H13F2NO2/c1-10-3-2-4-12(9-10)18-14(19)11-5-7-13(8-6-11)20-15(16)17/h2-9,15H,1H3,(H,18,19). The molecule has 20 heavy (non-hydrogen) atoms. The third-order valence-corrected chi connectivity index (χ3v) is 2.62. The minimum absolute atomic E-state index is 0.0205. The SMILES string of the molecule is Cc1cccc(NC(=O)c2ccc(OC(F)F)cc2)c1. The van der Waals surface area contributed by atoms with Gasteiger partial charge in [-0.1, -0.05) is 12.1 Å². The summed E-state index contributed by atoms with van der Waals surface area (Å²) in [4.78, 5) is 12.0. The molecule has 0 spiro atoms. The first-order valence-electron chi connectivity index (χ1n) is 5.97. The van der Waals surface area contributed by atoms with Crippen LogP contribution in [0.1, 0.15) is 15.9 Å². The minimum atomic E-state index is -2.87. The Morgan fingerprint density at radius 1 is 1.15 bits per heavy atom. The molecule has 0 atom stereocenters. The number of rotatable bonds is 4. The minimum Gasteiger partial charge on any atom is -0.435 e. The molecule has 5 heteroatoms. The van der Waals surface area contributed by atoms with Crippen molar-refractivity contribution in [1.29, 1.82) is 0 Å². The van der Waals surface area contributed by atoms with Crippen LogP contribution in [0.5, 0.6) is 5.75 Å². The van der Waals surface area contributed by atoms with Crippen LogP contribution >= 0.6 is 0 Å². The molecule has 104 valence electrons. The third kappa shape index (κ3) is 3.78.